The van der Waals surface area contributed by atoms with Crippen LogP contribution in [0.3, 0.4) is 0 Å². The van der Waals surface area contributed by atoms with E-state index in [1.54, 1.807) is 0 Å². The van der Waals surface area contributed by atoms with E-state index >= 15 is 0 Å². The normalized spacial score (nSPS) is 12.3. The number of hydrazine groups is 1. The van der Waals surface area contributed by atoms with Crippen molar-refractivity contribution in [3.05, 3.63) is 11.9 Å². The van der Waals surface area contributed by atoms with Crippen LogP contribution >= 0.6 is 0 Å². The average molecular weight is 212 g/mol. The second-order valence-corrected chi connectivity index (χ2v) is 2.93. The quantitative estimate of drug-likeness (QED) is 0.543. The molecular weight excluding hydrogens is 196 g/mol. The van der Waals surface area contributed by atoms with E-state index < -0.39 is 0 Å². The average Bonchev–Trinajstić information content (AvgIpc) is 2.31. The van der Waals surface area contributed by atoms with Crippen LogP contribution in [0, 0.1) is 0 Å². The number of hydrogen-bond acceptors (Lipinski definition) is 6. The fourth-order valence-electron chi connectivity index (χ4n) is 1.24. The van der Waals surface area contributed by atoms with Gasteiger partial charge in [-0.05, 0) is 6.42 Å². The van der Waals surface area contributed by atoms with Crippen LogP contribution in [0.15, 0.2) is 6.20 Å². The van der Waals surface area contributed by atoms with Crippen molar-refractivity contribution < 1.29 is 9.47 Å². The van der Waals surface area contributed by atoms with Gasteiger partial charge in [-0.2, -0.15) is 4.98 Å². The SMILES string of the molecule is CCC(NN)c1ncc(OC)nc1OC. The van der Waals surface area contributed by atoms with Crippen molar-refractivity contribution in [1.82, 2.24) is 15.4 Å². The maximum Gasteiger partial charge on any atom is 0.240 e. The summed E-state index contributed by atoms with van der Waals surface area (Å²) in [5, 5.41) is 0. The van der Waals surface area contributed by atoms with Crippen LogP contribution in [0.2, 0.25) is 0 Å². The monoisotopic (exact) mass is 212 g/mol. The molecule has 0 aromatic carbocycles. The molecule has 1 rings (SSSR count). The highest BCUT2D eigenvalue weighted by molar-refractivity contribution is 5.25. The van der Waals surface area contributed by atoms with Crippen molar-refractivity contribution in [2.24, 2.45) is 5.84 Å². The van der Waals surface area contributed by atoms with E-state index in [2.05, 4.69) is 15.4 Å². The molecule has 15 heavy (non-hydrogen) atoms. The number of aromatic nitrogens is 2. The van der Waals surface area contributed by atoms with Crippen LogP contribution in [0.4, 0.5) is 0 Å². The van der Waals surface area contributed by atoms with E-state index in [0.29, 0.717) is 17.5 Å². The summed E-state index contributed by atoms with van der Waals surface area (Å²) in [6, 6.07) is -0.0710. The van der Waals surface area contributed by atoms with Gasteiger partial charge in [-0.1, -0.05) is 6.92 Å². The summed E-state index contributed by atoms with van der Waals surface area (Å²) in [6.07, 6.45) is 2.34. The Bertz CT molecular complexity index is 315. The van der Waals surface area contributed by atoms with Crippen molar-refractivity contribution in [1.29, 1.82) is 0 Å². The van der Waals surface area contributed by atoms with Crippen LogP contribution in [-0.2, 0) is 0 Å². The molecule has 0 bridgehead atoms. The molecule has 0 aliphatic carbocycles. The Morgan fingerprint density at radius 3 is 2.67 bits per heavy atom. The van der Waals surface area contributed by atoms with Crippen molar-refractivity contribution >= 4 is 0 Å². The van der Waals surface area contributed by atoms with Gasteiger partial charge in [-0.3, -0.25) is 11.3 Å². The molecule has 0 aliphatic heterocycles. The fourth-order valence-corrected chi connectivity index (χ4v) is 1.24. The molecule has 0 amide bonds. The third-order valence-electron chi connectivity index (χ3n) is 2.09. The molecule has 0 saturated carbocycles. The lowest BCUT2D eigenvalue weighted by Gasteiger charge is -2.15. The molecule has 1 aromatic rings. The second-order valence-electron chi connectivity index (χ2n) is 2.93. The summed E-state index contributed by atoms with van der Waals surface area (Å²) in [7, 11) is 3.07. The molecule has 3 N–H and O–H groups in total. The first kappa shape index (κ1) is 11.7. The highest BCUT2D eigenvalue weighted by Crippen LogP contribution is 2.24. The fraction of sp³-hybridized carbons (Fsp3) is 0.556. The van der Waals surface area contributed by atoms with Crippen molar-refractivity contribution in [3.63, 3.8) is 0 Å². The van der Waals surface area contributed by atoms with Crippen LogP contribution in [0.1, 0.15) is 25.1 Å². The van der Waals surface area contributed by atoms with Gasteiger partial charge in [0.15, 0.2) is 0 Å². The molecule has 0 spiro atoms. The number of rotatable bonds is 5. The zero-order chi connectivity index (χ0) is 11.3. The Labute approximate surface area is 88.8 Å². The van der Waals surface area contributed by atoms with E-state index in [0.717, 1.165) is 6.42 Å². The first-order valence-corrected chi connectivity index (χ1v) is 4.67. The van der Waals surface area contributed by atoms with Gasteiger partial charge in [0.2, 0.25) is 11.8 Å². The molecular formula is C9H16N4O2. The minimum Gasteiger partial charge on any atom is -0.480 e. The summed E-state index contributed by atoms with van der Waals surface area (Å²) in [5.41, 5.74) is 3.34. The molecule has 1 aromatic heterocycles. The third-order valence-corrected chi connectivity index (χ3v) is 2.09. The van der Waals surface area contributed by atoms with Gasteiger partial charge in [0.05, 0.1) is 26.5 Å². The maximum atomic E-state index is 5.40. The predicted octanol–water partition coefficient (Wildman–Crippen LogP) is 0.408. The van der Waals surface area contributed by atoms with Crippen molar-refractivity contribution in [3.8, 4) is 11.8 Å². The van der Waals surface area contributed by atoms with Crippen LogP contribution in [0.25, 0.3) is 0 Å². The van der Waals surface area contributed by atoms with Gasteiger partial charge >= 0.3 is 0 Å². The molecule has 1 heterocycles. The summed E-state index contributed by atoms with van der Waals surface area (Å²) < 4.78 is 10.1. The number of methoxy groups -OCH3 is 2. The standard InChI is InChI=1S/C9H16N4O2/c1-4-6(13-10)8-9(15-3)12-7(14-2)5-11-8/h5-6,13H,4,10H2,1-3H3. The summed E-state index contributed by atoms with van der Waals surface area (Å²) in [5.74, 6) is 6.25. The second kappa shape index (κ2) is 5.47. The molecule has 6 nitrogen and oxygen atoms in total. The number of hydrogen-bond donors (Lipinski definition) is 2. The van der Waals surface area contributed by atoms with E-state index in [1.165, 1.54) is 20.4 Å². The number of nitrogens with one attached hydrogen (secondary N) is 1. The Morgan fingerprint density at radius 2 is 2.20 bits per heavy atom. The van der Waals surface area contributed by atoms with Gasteiger partial charge in [0.1, 0.15) is 5.69 Å². The van der Waals surface area contributed by atoms with E-state index in [4.69, 9.17) is 15.3 Å². The van der Waals surface area contributed by atoms with E-state index in [1.807, 2.05) is 6.92 Å². The smallest absolute Gasteiger partial charge is 0.240 e. The summed E-state index contributed by atoms with van der Waals surface area (Å²) >= 11 is 0. The molecule has 1 atom stereocenters. The minimum absolute atomic E-state index is 0.0710. The molecule has 0 radical (unpaired) electrons. The zero-order valence-corrected chi connectivity index (χ0v) is 9.15. The molecule has 6 heteroatoms. The highest BCUT2D eigenvalue weighted by Gasteiger charge is 2.16. The number of ether oxygens (including phenoxy) is 2. The third kappa shape index (κ3) is 2.54. The first-order chi connectivity index (χ1) is 7.26. The molecule has 0 fully saturated rings. The Kier molecular flexibility index (Phi) is 4.26. The number of nitrogens with zero attached hydrogens (tertiary/aromatic N) is 2. The first-order valence-electron chi connectivity index (χ1n) is 4.67. The molecule has 0 saturated heterocycles. The van der Waals surface area contributed by atoms with Crippen LogP contribution in [0.5, 0.6) is 11.8 Å². The van der Waals surface area contributed by atoms with Crippen LogP contribution in [-0.4, -0.2) is 24.2 Å². The summed E-state index contributed by atoms with van der Waals surface area (Å²) in [6.45, 7) is 2.00. The minimum atomic E-state index is -0.0710. The predicted molar refractivity (Wildman–Crippen MR) is 55.5 cm³/mol. The number of nitrogens with two attached hydrogens (primary N) is 1. The Morgan fingerprint density at radius 1 is 1.47 bits per heavy atom. The Balaban J connectivity index is 3.06. The van der Waals surface area contributed by atoms with Gasteiger partial charge in [-0.25, -0.2) is 4.98 Å². The van der Waals surface area contributed by atoms with Crippen molar-refractivity contribution in [2.45, 2.75) is 19.4 Å². The van der Waals surface area contributed by atoms with Crippen LogP contribution < -0.4 is 20.7 Å². The lowest BCUT2D eigenvalue weighted by atomic mass is 10.1. The zero-order valence-electron chi connectivity index (χ0n) is 9.15. The molecule has 1 unspecified atom stereocenters. The Hall–Kier alpha value is -1.40. The topological polar surface area (TPSA) is 82.3 Å². The maximum absolute atomic E-state index is 5.40. The van der Waals surface area contributed by atoms with Gasteiger partial charge in [0.25, 0.3) is 0 Å². The summed E-state index contributed by atoms with van der Waals surface area (Å²) in [4.78, 5) is 8.33. The van der Waals surface area contributed by atoms with Gasteiger partial charge < -0.3 is 9.47 Å². The lowest BCUT2D eigenvalue weighted by Crippen LogP contribution is -2.28. The molecule has 0 aliphatic rings. The highest BCUT2D eigenvalue weighted by atomic mass is 16.5. The lowest BCUT2D eigenvalue weighted by molar-refractivity contribution is 0.348. The van der Waals surface area contributed by atoms with Crippen molar-refractivity contribution in [2.75, 3.05) is 14.2 Å². The van der Waals surface area contributed by atoms with E-state index in [-0.39, 0.29) is 6.04 Å². The molecule has 84 valence electrons. The van der Waals surface area contributed by atoms with Gasteiger partial charge in [-0.15, -0.1) is 0 Å². The van der Waals surface area contributed by atoms with Gasteiger partial charge in [0, 0.05) is 0 Å². The largest absolute Gasteiger partial charge is 0.480 e. The van der Waals surface area contributed by atoms with E-state index in [9.17, 15) is 0 Å².